The van der Waals surface area contributed by atoms with E-state index in [1.54, 1.807) is 32.1 Å². The second-order valence-corrected chi connectivity index (χ2v) is 6.97. The van der Waals surface area contributed by atoms with Gasteiger partial charge in [0.2, 0.25) is 0 Å². The minimum Gasteiger partial charge on any atom is -0.251 e. The lowest BCUT2D eigenvalue weighted by Crippen LogP contribution is -2.28. The number of aryl methyl sites for hydroxylation is 1. The molecule has 0 atom stereocenters. The molecule has 1 aromatic rings. The molecule has 0 aliphatic rings. The summed E-state index contributed by atoms with van der Waals surface area (Å²) in [5.74, 6) is 0. The van der Waals surface area contributed by atoms with Crippen molar-refractivity contribution in [3.05, 3.63) is 46.9 Å². The molecule has 0 aliphatic carbocycles. The maximum Gasteiger partial charge on any atom is 0.433 e. The van der Waals surface area contributed by atoms with Crippen LogP contribution in [0.3, 0.4) is 0 Å². The summed E-state index contributed by atoms with van der Waals surface area (Å²) in [6.07, 6.45) is 3.42. The molecule has 0 aliphatic heterocycles. The molecule has 0 radical (unpaired) electrons. The number of aromatic nitrogens is 1. The van der Waals surface area contributed by atoms with Crippen molar-refractivity contribution < 1.29 is 13.2 Å². The number of aliphatic imine (C=N–C) groups is 2. The summed E-state index contributed by atoms with van der Waals surface area (Å²) >= 11 is 5.86. The molecule has 168 valence electrons. The van der Waals surface area contributed by atoms with Crippen LogP contribution in [0.2, 0.25) is 5.15 Å². The summed E-state index contributed by atoms with van der Waals surface area (Å²) in [6, 6.07) is 3.23. The maximum atomic E-state index is 13.6. The van der Waals surface area contributed by atoms with Crippen LogP contribution in [0.15, 0.2) is 46.0 Å². The molecule has 1 rings (SSSR count). The van der Waals surface area contributed by atoms with Crippen molar-refractivity contribution in [2.45, 2.75) is 79.8 Å². The standard InChI is InChI=1S/C20H25ClF3N3.C3H8/c1-5-8-10-17(27-16-11-12-18(21)26-14(16)4)15(7-3)19(20(22,23)24)25-13-9-6-2;1-3-2/h7,9,11-13H,5-6,8,10H2,1-4H3;3H2,1-2H3/b13-9-,15-7-,25-19-,27-17?;. The molecule has 0 spiro atoms. The Balaban J connectivity index is 0.00000263. The largest absolute Gasteiger partial charge is 0.433 e. The molecule has 0 fully saturated rings. The van der Waals surface area contributed by atoms with E-state index in [9.17, 15) is 13.2 Å². The van der Waals surface area contributed by atoms with Crippen LogP contribution in [0, 0.1) is 6.92 Å². The van der Waals surface area contributed by atoms with E-state index in [2.05, 4.69) is 28.8 Å². The van der Waals surface area contributed by atoms with E-state index >= 15 is 0 Å². The Kier molecular flexibility index (Phi) is 14.0. The number of hydrogen-bond donors (Lipinski definition) is 0. The lowest BCUT2D eigenvalue weighted by molar-refractivity contribution is -0.0579. The zero-order valence-corrected chi connectivity index (χ0v) is 19.5. The molecule has 0 N–H and O–H groups in total. The second-order valence-electron chi connectivity index (χ2n) is 6.58. The van der Waals surface area contributed by atoms with Crippen LogP contribution >= 0.6 is 11.6 Å². The molecular formula is C23H33ClF3N3. The third-order valence-corrected chi connectivity index (χ3v) is 3.92. The lowest BCUT2D eigenvalue weighted by Gasteiger charge is -2.16. The molecule has 0 bridgehead atoms. The fraction of sp³-hybridized carbons (Fsp3) is 0.522. The third kappa shape index (κ3) is 10.2. The molecule has 0 aromatic carbocycles. The Morgan fingerprint density at radius 1 is 1.17 bits per heavy atom. The highest BCUT2D eigenvalue weighted by Crippen LogP contribution is 2.27. The van der Waals surface area contributed by atoms with Crippen LogP contribution in [0.4, 0.5) is 18.9 Å². The van der Waals surface area contributed by atoms with Gasteiger partial charge in [-0.05, 0) is 45.2 Å². The first-order valence-electron chi connectivity index (χ1n) is 10.3. The van der Waals surface area contributed by atoms with Crippen LogP contribution in [0.25, 0.3) is 0 Å². The number of allylic oxidation sites excluding steroid dienone is 3. The number of halogens is 4. The first kappa shape index (κ1) is 28.1. The van der Waals surface area contributed by atoms with Crippen LogP contribution in [-0.4, -0.2) is 22.6 Å². The summed E-state index contributed by atoms with van der Waals surface area (Å²) in [5, 5.41) is 0.315. The summed E-state index contributed by atoms with van der Waals surface area (Å²) in [7, 11) is 0. The molecule has 0 amide bonds. The molecule has 1 aromatic heterocycles. The normalized spacial score (nSPS) is 13.5. The van der Waals surface area contributed by atoms with Gasteiger partial charge in [-0.15, -0.1) is 0 Å². The van der Waals surface area contributed by atoms with Gasteiger partial charge >= 0.3 is 6.18 Å². The zero-order valence-electron chi connectivity index (χ0n) is 18.8. The van der Waals surface area contributed by atoms with E-state index in [4.69, 9.17) is 11.6 Å². The summed E-state index contributed by atoms with van der Waals surface area (Å²) < 4.78 is 40.9. The Hall–Kier alpha value is -1.95. The van der Waals surface area contributed by atoms with Gasteiger partial charge in [0.25, 0.3) is 0 Å². The number of pyridine rings is 1. The van der Waals surface area contributed by atoms with Gasteiger partial charge in [-0.1, -0.05) is 64.3 Å². The Bertz CT molecular complexity index is 763. The minimum absolute atomic E-state index is 0.00828. The lowest BCUT2D eigenvalue weighted by atomic mass is 9.99. The number of alkyl halides is 3. The van der Waals surface area contributed by atoms with Crippen molar-refractivity contribution in [1.29, 1.82) is 0 Å². The molecule has 0 saturated heterocycles. The highest BCUT2D eigenvalue weighted by molar-refractivity contribution is 6.29. The summed E-state index contributed by atoms with van der Waals surface area (Å²) in [4.78, 5) is 12.3. The molecule has 7 heteroatoms. The maximum absolute atomic E-state index is 13.6. The average Bonchev–Trinajstić information content (AvgIpc) is 2.66. The predicted molar refractivity (Wildman–Crippen MR) is 123 cm³/mol. The van der Waals surface area contributed by atoms with Gasteiger partial charge in [0.05, 0.1) is 17.1 Å². The zero-order chi connectivity index (χ0) is 23.2. The van der Waals surface area contributed by atoms with Crippen molar-refractivity contribution in [3.63, 3.8) is 0 Å². The van der Waals surface area contributed by atoms with E-state index in [-0.39, 0.29) is 5.57 Å². The van der Waals surface area contributed by atoms with E-state index in [1.165, 1.54) is 18.7 Å². The van der Waals surface area contributed by atoms with Gasteiger partial charge in [0.1, 0.15) is 5.15 Å². The van der Waals surface area contributed by atoms with Crippen LogP contribution < -0.4 is 0 Å². The fourth-order valence-electron chi connectivity index (χ4n) is 2.35. The average molecular weight is 444 g/mol. The summed E-state index contributed by atoms with van der Waals surface area (Å²) in [5.41, 5.74) is 0.446. The predicted octanol–water partition coefficient (Wildman–Crippen LogP) is 8.60. The number of hydrogen-bond acceptors (Lipinski definition) is 3. The molecule has 0 saturated carbocycles. The second kappa shape index (κ2) is 14.9. The minimum atomic E-state index is -4.58. The van der Waals surface area contributed by atoms with Crippen molar-refractivity contribution >= 4 is 28.7 Å². The Morgan fingerprint density at radius 3 is 2.27 bits per heavy atom. The van der Waals surface area contributed by atoms with E-state index in [1.807, 2.05) is 13.8 Å². The van der Waals surface area contributed by atoms with Gasteiger partial charge in [-0.2, -0.15) is 13.2 Å². The van der Waals surface area contributed by atoms with Gasteiger partial charge in [-0.25, -0.2) is 4.98 Å². The van der Waals surface area contributed by atoms with Crippen molar-refractivity contribution in [2.24, 2.45) is 9.98 Å². The van der Waals surface area contributed by atoms with Crippen molar-refractivity contribution in [3.8, 4) is 0 Å². The Labute approximate surface area is 183 Å². The van der Waals surface area contributed by atoms with Crippen molar-refractivity contribution in [1.82, 2.24) is 4.98 Å². The highest BCUT2D eigenvalue weighted by Gasteiger charge is 2.39. The van der Waals surface area contributed by atoms with Gasteiger partial charge in [0.15, 0.2) is 5.71 Å². The SMILES string of the molecule is CCC.C\C=C(C(CCCC)=Nc1ccc(Cl)nc1C)/C(=N/C=C\CC)C(F)(F)F. The smallest absolute Gasteiger partial charge is 0.251 e. The number of unbranched alkanes of at least 4 members (excludes halogenated alkanes) is 1. The van der Waals surface area contributed by atoms with E-state index in [0.717, 1.165) is 6.42 Å². The molecule has 30 heavy (non-hydrogen) atoms. The molecule has 1 heterocycles. The quantitative estimate of drug-likeness (QED) is 0.292. The van der Waals surface area contributed by atoms with Gasteiger partial charge in [0, 0.05) is 11.8 Å². The van der Waals surface area contributed by atoms with Crippen LogP contribution in [0.5, 0.6) is 0 Å². The highest BCUT2D eigenvalue weighted by atomic mass is 35.5. The monoisotopic (exact) mass is 443 g/mol. The summed E-state index contributed by atoms with van der Waals surface area (Å²) in [6.45, 7) is 11.3. The first-order valence-corrected chi connectivity index (χ1v) is 10.7. The third-order valence-electron chi connectivity index (χ3n) is 3.71. The van der Waals surface area contributed by atoms with Gasteiger partial charge < -0.3 is 0 Å². The van der Waals surface area contributed by atoms with Crippen molar-refractivity contribution in [2.75, 3.05) is 0 Å². The Morgan fingerprint density at radius 2 is 1.80 bits per heavy atom. The van der Waals surface area contributed by atoms with Crippen LogP contribution in [0.1, 0.15) is 72.4 Å². The van der Waals surface area contributed by atoms with E-state index < -0.39 is 11.9 Å². The van der Waals surface area contributed by atoms with Gasteiger partial charge in [-0.3, -0.25) is 9.98 Å². The van der Waals surface area contributed by atoms with Crippen LogP contribution in [-0.2, 0) is 0 Å². The topological polar surface area (TPSA) is 37.6 Å². The fourth-order valence-corrected chi connectivity index (χ4v) is 2.54. The molecular weight excluding hydrogens is 411 g/mol. The first-order chi connectivity index (χ1) is 14.2. The number of rotatable bonds is 8. The molecule has 3 nitrogen and oxygen atoms in total. The van der Waals surface area contributed by atoms with E-state index in [0.29, 0.717) is 41.5 Å². The number of nitrogens with zero attached hydrogens (tertiary/aromatic N) is 3. The molecule has 0 unspecified atom stereocenters.